The van der Waals surface area contributed by atoms with Crippen LogP contribution in [0.1, 0.15) is 53.4 Å². The first-order valence-corrected chi connectivity index (χ1v) is 7.66. The third-order valence-electron chi connectivity index (χ3n) is 3.96. The van der Waals surface area contributed by atoms with Gasteiger partial charge in [0.2, 0.25) is 0 Å². The Morgan fingerprint density at radius 2 is 1.67 bits per heavy atom. The maximum Gasteiger partial charge on any atom is 0.0594 e. The van der Waals surface area contributed by atoms with Crippen molar-refractivity contribution in [3.05, 3.63) is 0 Å². The Morgan fingerprint density at radius 1 is 1.11 bits per heavy atom. The van der Waals surface area contributed by atoms with E-state index >= 15 is 0 Å². The molecule has 0 aromatic carbocycles. The average Bonchev–Trinajstić information content (AvgIpc) is 2.38. The molecule has 0 aromatic heterocycles. The highest BCUT2D eigenvalue weighted by Crippen LogP contribution is 2.16. The zero-order valence-corrected chi connectivity index (χ0v) is 12.8. The number of hydrogen-bond donors (Lipinski definition) is 1. The molecule has 0 bridgehead atoms. The molecule has 1 heterocycles. The topological polar surface area (TPSA) is 24.5 Å². The van der Waals surface area contributed by atoms with Gasteiger partial charge in [-0.05, 0) is 26.7 Å². The molecule has 0 saturated carbocycles. The molecular weight excluding hydrogens is 224 g/mol. The molecule has 1 saturated heterocycles. The molecular formula is C15H32N2O. The van der Waals surface area contributed by atoms with Gasteiger partial charge in [0.05, 0.1) is 13.2 Å². The molecule has 0 aliphatic carbocycles. The van der Waals surface area contributed by atoms with Crippen molar-refractivity contribution >= 4 is 0 Å². The van der Waals surface area contributed by atoms with Crippen molar-refractivity contribution in [1.29, 1.82) is 0 Å². The van der Waals surface area contributed by atoms with Crippen LogP contribution in [0.15, 0.2) is 0 Å². The smallest absolute Gasteiger partial charge is 0.0594 e. The maximum absolute atomic E-state index is 5.44. The number of ether oxygens (including phenoxy) is 1. The van der Waals surface area contributed by atoms with E-state index in [2.05, 4.69) is 37.9 Å². The van der Waals surface area contributed by atoms with Gasteiger partial charge in [-0.25, -0.2) is 0 Å². The highest BCUT2D eigenvalue weighted by atomic mass is 16.5. The predicted molar refractivity (Wildman–Crippen MR) is 78.1 cm³/mol. The van der Waals surface area contributed by atoms with E-state index < -0.39 is 0 Å². The van der Waals surface area contributed by atoms with Crippen LogP contribution in [0.5, 0.6) is 0 Å². The van der Waals surface area contributed by atoms with Gasteiger partial charge in [0.1, 0.15) is 0 Å². The molecule has 1 N–H and O–H groups in total. The van der Waals surface area contributed by atoms with Crippen LogP contribution in [-0.4, -0.2) is 49.3 Å². The van der Waals surface area contributed by atoms with Crippen LogP contribution in [0.3, 0.4) is 0 Å². The molecule has 1 aliphatic heterocycles. The fourth-order valence-corrected chi connectivity index (χ4v) is 2.72. The van der Waals surface area contributed by atoms with Crippen LogP contribution in [0.4, 0.5) is 0 Å². The highest BCUT2D eigenvalue weighted by molar-refractivity contribution is 4.86. The molecule has 1 fully saturated rings. The molecule has 0 aromatic rings. The van der Waals surface area contributed by atoms with Crippen LogP contribution >= 0.6 is 0 Å². The quantitative estimate of drug-likeness (QED) is 0.722. The zero-order valence-electron chi connectivity index (χ0n) is 12.8. The lowest BCUT2D eigenvalue weighted by Gasteiger charge is -2.41. The molecule has 0 radical (unpaired) electrons. The van der Waals surface area contributed by atoms with E-state index in [-0.39, 0.29) is 5.54 Å². The average molecular weight is 256 g/mol. The summed E-state index contributed by atoms with van der Waals surface area (Å²) in [6.07, 6.45) is 5.14. The molecule has 0 amide bonds. The minimum absolute atomic E-state index is 0.240. The van der Waals surface area contributed by atoms with E-state index in [0.29, 0.717) is 6.04 Å². The van der Waals surface area contributed by atoms with Crippen LogP contribution < -0.4 is 5.32 Å². The largest absolute Gasteiger partial charge is 0.379 e. The van der Waals surface area contributed by atoms with Crippen LogP contribution in [0, 0.1) is 0 Å². The van der Waals surface area contributed by atoms with Crippen LogP contribution in [0.2, 0.25) is 0 Å². The standard InChI is InChI=1S/C15H32N2O/c1-5-7-14(8-6-2)16-13-15(3,4)17-9-11-18-12-10-17/h14,16H,5-13H2,1-4H3. The summed E-state index contributed by atoms with van der Waals surface area (Å²) in [6, 6.07) is 0.695. The second kappa shape index (κ2) is 8.13. The van der Waals surface area contributed by atoms with Crippen molar-refractivity contribution in [3.63, 3.8) is 0 Å². The number of morpholine rings is 1. The second-order valence-electron chi connectivity index (χ2n) is 6.07. The van der Waals surface area contributed by atoms with Gasteiger partial charge in [-0.3, -0.25) is 4.90 Å². The van der Waals surface area contributed by atoms with E-state index in [1.807, 2.05) is 0 Å². The van der Waals surface area contributed by atoms with Gasteiger partial charge in [-0.2, -0.15) is 0 Å². The maximum atomic E-state index is 5.44. The Bertz CT molecular complexity index is 207. The van der Waals surface area contributed by atoms with Gasteiger partial charge < -0.3 is 10.1 Å². The molecule has 0 unspecified atom stereocenters. The summed E-state index contributed by atoms with van der Waals surface area (Å²) >= 11 is 0. The Morgan fingerprint density at radius 3 is 2.17 bits per heavy atom. The number of rotatable bonds is 8. The summed E-state index contributed by atoms with van der Waals surface area (Å²) in [4.78, 5) is 2.55. The fraction of sp³-hybridized carbons (Fsp3) is 1.00. The van der Waals surface area contributed by atoms with E-state index in [4.69, 9.17) is 4.74 Å². The lowest BCUT2D eigenvalue weighted by atomic mass is 10.00. The van der Waals surface area contributed by atoms with Gasteiger partial charge in [0, 0.05) is 31.2 Å². The van der Waals surface area contributed by atoms with Crippen molar-refractivity contribution in [3.8, 4) is 0 Å². The summed E-state index contributed by atoms with van der Waals surface area (Å²) in [6.45, 7) is 14.2. The number of nitrogens with one attached hydrogen (secondary N) is 1. The number of hydrogen-bond acceptors (Lipinski definition) is 3. The van der Waals surface area contributed by atoms with Crippen molar-refractivity contribution in [2.45, 2.75) is 65.0 Å². The first kappa shape index (κ1) is 15.9. The fourth-order valence-electron chi connectivity index (χ4n) is 2.72. The number of nitrogens with zero attached hydrogens (tertiary/aromatic N) is 1. The van der Waals surface area contributed by atoms with E-state index in [0.717, 1.165) is 32.8 Å². The normalized spacial score (nSPS) is 18.5. The lowest BCUT2D eigenvalue weighted by Crippen LogP contribution is -2.55. The minimum Gasteiger partial charge on any atom is -0.379 e. The molecule has 3 nitrogen and oxygen atoms in total. The summed E-state index contributed by atoms with van der Waals surface area (Å²) in [5.74, 6) is 0. The summed E-state index contributed by atoms with van der Waals surface area (Å²) in [7, 11) is 0. The molecule has 3 heteroatoms. The first-order valence-electron chi connectivity index (χ1n) is 7.66. The Kier molecular flexibility index (Phi) is 7.20. The molecule has 18 heavy (non-hydrogen) atoms. The minimum atomic E-state index is 0.240. The SMILES string of the molecule is CCCC(CCC)NCC(C)(C)N1CCOCC1. The van der Waals surface area contributed by atoms with Crippen molar-refractivity contribution in [1.82, 2.24) is 10.2 Å². The Hall–Kier alpha value is -0.120. The highest BCUT2D eigenvalue weighted by Gasteiger charge is 2.28. The Balaban J connectivity index is 2.37. The van der Waals surface area contributed by atoms with Crippen LogP contribution in [0.25, 0.3) is 0 Å². The second-order valence-corrected chi connectivity index (χ2v) is 6.07. The first-order chi connectivity index (χ1) is 8.60. The van der Waals surface area contributed by atoms with E-state index in [9.17, 15) is 0 Å². The van der Waals surface area contributed by atoms with Gasteiger partial charge in [-0.1, -0.05) is 26.7 Å². The summed E-state index contributed by atoms with van der Waals surface area (Å²) in [5.41, 5.74) is 0.240. The predicted octanol–water partition coefficient (Wildman–Crippen LogP) is 2.66. The molecule has 0 spiro atoms. The molecule has 108 valence electrons. The van der Waals surface area contributed by atoms with Gasteiger partial charge in [0.15, 0.2) is 0 Å². The lowest BCUT2D eigenvalue weighted by molar-refractivity contribution is -0.0105. The van der Waals surface area contributed by atoms with Gasteiger partial charge in [-0.15, -0.1) is 0 Å². The third kappa shape index (κ3) is 5.25. The van der Waals surface area contributed by atoms with E-state index in [1.54, 1.807) is 0 Å². The van der Waals surface area contributed by atoms with Crippen molar-refractivity contribution in [2.75, 3.05) is 32.8 Å². The van der Waals surface area contributed by atoms with Crippen molar-refractivity contribution < 1.29 is 4.74 Å². The monoisotopic (exact) mass is 256 g/mol. The summed E-state index contributed by atoms with van der Waals surface area (Å²) < 4.78 is 5.44. The van der Waals surface area contributed by atoms with Gasteiger partial charge in [0.25, 0.3) is 0 Å². The van der Waals surface area contributed by atoms with E-state index in [1.165, 1.54) is 25.7 Å². The van der Waals surface area contributed by atoms with Crippen molar-refractivity contribution in [2.24, 2.45) is 0 Å². The Labute approximate surface area is 113 Å². The van der Waals surface area contributed by atoms with Gasteiger partial charge >= 0.3 is 0 Å². The third-order valence-corrected chi connectivity index (χ3v) is 3.96. The van der Waals surface area contributed by atoms with Crippen LogP contribution in [-0.2, 0) is 4.74 Å². The molecule has 0 atom stereocenters. The summed E-state index contributed by atoms with van der Waals surface area (Å²) in [5, 5.41) is 3.78. The molecule has 1 rings (SSSR count). The molecule has 1 aliphatic rings. The zero-order chi connectivity index (χ0) is 13.4.